The third-order valence-electron chi connectivity index (χ3n) is 3.34. The summed E-state index contributed by atoms with van der Waals surface area (Å²) in [6.07, 6.45) is -0.358. The predicted molar refractivity (Wildman–Crippen MR) is 68.7 cm³/mol. The summed E-state index contributed by atoms with van der Waals surface area (Å²) in [6, 6.07) is 9.51. The Morgan fingerprint density at radius 3 is 2.79 bits per heavy atom. The molecule has 2 atom stereocenters. The SMILES string of the molecule is CC(c1ccccc1)N1CC(CC(=O)O)COC1=O. The van der Waals surface area contributed by atoms with Crippen molar-refractivity contribution in [2.24, 2.45) is 5.92 Å². The molecule has 0 radical (unpaired) electrons. The predicted octanol–water partition coefficient (Wildman–Crippen LogP) is 2.29. The van der Waals surface area contributed by atoms with Crippen LogP contribution >= 0.6 is 0 Å². The van der Waals surface area contributed by atoms with Crippen molar-refractivity contribution in [1.82, 2.24) is 4.90 Å². The molecule has 0 aromatic heterocycles. The maximum Gasteiger partial charge on any atom is 0.410 e. The van der Waals surface area contributed by atoms with Crippen LogP contribution in [0.3, 0.4) is 0 Å². The zero-order valence-electron chi connectivity index (χ0n) is 10.8. The van der Waals surface area contributed by atoms with Gasteiger partial charge in [0.2, 0.25) is 0 Å². The molecule has 1 aliphatic heterocycles. The van der Waals surface area contributed by atoms with Crippen LogP contribution in [-0.4, -0.2) is 35.2 Å². The molecule has 1 N–H and O–H groups in total. The second-order valence-corrected chi connectivity index (χ2v) is 4.78. The third kappa shape index (κ3) is 3.24. The van der Waals surface area contributed by atoms with E-state index in [2.05, 4.69) is 0 Å². The average Bonchev–Trinajstić information content (AvgIpc) is 2.40. The van der Waals surface area contributed by atoms with Gasteiger partial charge >= 0.3 is 12.1 Å². The molecule has 102 valence electrons. The number of carbonyl (C=O) groups is 2. The van der Waals surface area contributed by atoms with Gasteiger partial charge in [0.15, 0.2) is 0 Å². The molecule has 1 aromatic carbocycles. The lowest BCUT2D eigenvalue weighted by Gasteiger charge is -2.35. The van der Waals surface area contributed by atoms with E-state index in [9.17, 15) is 9.59 Å². The molecule has 1 saturated heterocycles. The summed E-state index contributed by atoms with van der Waals surface area (Å²) < 4.78 is 5.07. The molecule has 1 heterocycles. The first-order valence-electron chi connectivity index (χ1n) is 6.28. The van der Waals surface area contributed by atoms with Crippen LogP contribution in [0.25, 0.3) is 0 Å². The van der Waals surface area contributed by atoms with Gasteiger partial charge < -0.3 is 14.7 Å². The van der Waals surface area contributed by atoms with Gasteiger partial charge in [0.1, 0.15) is 0 Å². The fourth-order valence-electron chi connectivity index (χ4n) is 2.28. The van der Waals surface area contributed by atoms with Crippen molar-refractivity contribution in [1.29, 1.82) is 0 Å². The summed E-state index contributed by atoms with van der Waals surface area (Å²) in [5.41, 5.74) is 1.01. The number of carboxylic acids is 1. The van der Waals surface area contributed by atoms with E-state index >= 15 is 0 Å². The first-order valence-corrected chi connectivity index (χ1v) is 6.28. The minimum Gasteiger partial charge on any atom is -0.481 e. The summed E-state index contributed by atoms with van der Waals surface area (Å²) in [6.45, 7) is 2.52. The maximum atomic E-state index is 11.8. The Morgan fingerprint density at radius 1 is 1.47 bits per heavy atom. The Balaban J connectivity index is 2.08. The average molecular weight is 263 g/mol. The van der Waals surface area contributed by atoms with Gasteiger partial charge in [-0.25, -0.2) is 4.79 Å². The molecule has 1 fully saturated rings. The van der Waals surface area contributed by atoms with Gasteiger partial charge in [-0.1, -0.05) is 30.3 Å². The van der Waals surface area contributed by atoms with Crippen molar-refractivity contribution in [2.75, 3.05) is 13.2 Å². The van der Waals surface area contributed by atoms with E-state index in [-0.39, 0.29) is 31.1 Å². The van der Waals surface area contributed by atoms with Gasteiger partial charge in [0.25, 0.3) is 0 Å². The highest BCUT2D eigenvalue weighted by Crippen LogP contribution is 2.25. The van der Waals surface area contributed by atoms with Gasteiger partial charge in [-0.2, -0.15) is 0 Å². The molecule has 5 heteroatoms. The van der Waals surface area contributed by atoms with Crippen molar-refractivity contribution in [2.45, 2.75) is 19.4 Å². The van der Waals surface area contributed by atoms with Gasteiger partial charge in [-0.05, 0) is 12.5 Å². The van der Waals surface area contributed by atoms with E-state index in [0.29, 0.717) is 6.54 Å². The summed E-state index contributed by atoms with van der Waals surface area (Å²) in [4.78, 5) is 24.1. The zero-order valence-corrected chi connectivity index (χ0v) is 10.8. The van der Waals surface area contributed by atoms with Gasteiger partial charge in [-0.3, -0.25) is 4.79 Å². The molecule has 0 aliphatic carbocycles. The van der Waals surface area contributed by atoms with Crippen LogP contribution in [0.4, 0.5) is 4.79 Å². The second-order valence-electron chi connectivity index (χ2n) is 4.78. The van der Waals surface area contributed by atoms with Crippen molar-refractivity contribution in [3.8, 4) is 0 Å². The summed E-state index contributed by atoms with van der Waals surface area (Å²) in [5, 5.41) is 8.81. The number of carboxylic acid groups (broad SMARTS) is 1. The van der Waals surface area contributed by atoms with Crippen LogP contribution in [0.5, 0.6) is 0 Å². The van der Waals surface area contributed by atoms with Crippen LogP contribution in [0, 0.1) is 5.92 Å². The molecule has 19 heavy (non-hydrogen) atoms. The molecule has 1 aliphatic rings. The zero-order chi connectivity index (χ0) is 13.8. The number of cyclic esters (lactones) is 1. The van der Waals surface area contributed by atoms with E-state index in [1.54, 1.807) is 4.90 Å². The normalized spacial score (nSPS) is 20.8. The van der Waals surface area contributed by atoms with Crippen LogP contribution in [0.2, 0.25) is 0 Å². The van der Waals surface area contributed by atoms with E-state index < -0.39 is 5.97 Å². The van der Waals surface area contributed by atoms with Gasteiger partial charge in [0, 0.05) is 12.5 Å². The van der Waals surface area contributed by atoms with Gasteiger partial charge in [0.05, 0.1) is 19.1 Å². The minimum absolute atomic E-state index is 0.0191. The van der Waals surface area contributed by atoms with Crippen LogP contribution < -0.4 is 0 Å². The van der Waals surface area contributed by atoms with E-state index in [1.165, 1.54) is 0 Å². The first kappa shape index (κ1) is 13.4. The molecule has 2 rings (SSSR count). The largest absolute Gasteiger partial charge is 0.481 e. The van der Waals surface area contributed by atoms with E-state index in [0.717, 1.165) is 5.56 Å². The fraction of sp³-hybridized carbons (Fsp3) is 0.429. The van der Waals surface area contributed by atoms with Gasteiger partial charge in [-0.15, -0.1) is 0 Å². The Labute approximate surface area is 111 Å². The van der Waals surface area contributed by atoms with Crippen LogP contribution in [0.1, 0.15) is 24.9 Å². The number of aliphatic carboxylic acids is 1. The van der Waals surface area contributed by atoms with Crippen molar-refractivity contribution < 1.29 is 19.4 Å². The molecule has 5 nitrogen and oxygen atoms in total. The number of nitrogens with zero attached hydrogens (tertiary/aromatic N) is 1. The van der Waals surface area contributed by atoms with Crippen molar-refractivity contribution in [3.05, 3.63) is 35.9 Å². The second kappa shape index (κ2) is 5.73. The lowest BCUT2D eigenvalue weighted by molar-refractivity contribution is -0.139. The fourth-order valence-corrected chi connectivity index (χ4v) is 2.28. The number of hydrogen-bond acceptors (Lipinski definition) is 3. The molecule has 1 aromatic rings. The van der Waals surface area contributed by atoms with Crippen molar-refractivity contribution >= 4 is 12.1 Å². The molecule has 0 spiro atoms. The quantitative estimate of drug-likeness (QED) is 0.905. The Hall–Kier alpha value is -2.04. The topological polar surface area (TPSA) is 66.8 Å². The summed E-state index contributed by atoms with van der Waals surface area (Å²) >= 11 is 0. The smallest absolute Gasteiger partial charge is 0.410 e. The highest BCUT2D eigenvalue weighted by Gasteiger charge is 2.32. The number of ether oxygens (including phenoxy) is 1. The number of rotatable bonds is 4. The molecule has 0 bridgehead atoms. The van der Waals surface area contributed by atoms with Crippen LogP contribution in [-0.2, 0) is 9.53 Å². The van der Waals surface area contributed by atoms with Crippen LogP contribution in [0.15, 0.2) is 30.3 Å². The molecular formula is C14H17NO4. The highest BCUT2D eigenvalue weighted by molar-refractivity contribution is 5.70. The molecule has 0 saturated carbocycles. The molecular weight excluding hydrogens is 246 g/mol. The van der Waals surface area contributed by atoms with E-state index in [4.69, 9.17) is 9.84 Å². The number of hydrogen-bond donors (Lipinski definition) is 1. The van der Waals surface area contributed by atoms with E-state index in [1.807, 2.05) is 37.3 Å². The van der Waals surface area contributed by atoms with Crippen molar-refractivity contribution in [3.63, 3.8) is 0 Å². The third-order valence-corrected chi connectivity index (χ3v) is 3.34. The number of benzene rings is 1. The molecule has 2 unspecified atom stereocenters. The maximum absolute atomic E-state index is 11.8. The Kier molecular flexibility index (Phi) is 4.04. The summed E-state index contributed by atoms with van der Waals surface area (Å²) in [5.74, 6) is -1.02. The monoisotopic (exact) mass is 263 g/mol. The minimum atomic E-state index is -0.865. The lowest BCUT2D eigenvalue weighted by atomic mass is 10.0. The number of amides is 1. The standard InChI is InChI=1S/C14H17NO4/c1-10(12-5-3-2-4-6-12)15-8-11(7-13(16)17)9-19-14(15)18/h2-6,10-11H,7-9H2,1H3,(H,16,17). The first-order chi connectivity index (χ1) is 9.08. The lowest BCUT2D eigenvalue weighted by Crippen LogP contribution is -2.44. The highest BCUT2D eigenvalue weighted by atomic mass is 16.6. The molecule has 1 amide bonds. The summed E-state index contributed by atoms with van der Waals surface area (Å²) in [7, 11) is 0. The Bertz CT molecular complexity index is 460. The number of carbonyl (C=O) groups excluding carboxylic acids is 1. The Morgan fingerprint density at radius 2 is 2.16 bits per heavy atom.